The Kier molecular flexibility index (Phi) is 7.70. The Bertz CT molecular complexity index is 1280. The molecule has 174 valence electrons. The number of ketones is 1. The van der Waals surface area contributed by atoms with E-state index in [1.165, 1.54) is 24.3 Å². The number of halogens is 2. The van der Waals surface area contributed by atoms with E-state index in [1.54, 1.807) is 24.3 Å². The van der Waals surface area contributed by atoms with Gasteiger partial charge in [-0.1, -0.05) is 30.2 Å². The Balaban J connectivity index is 1.33. The van der Waals surface area contributed by atoms with Crippen LogP contribution in [0.15, 0.2) is 72.8 Å². The monoisotopic (exact) mass is 477 g/mol. The molecule has 0 saturated carbocycles. The number of aryl methyl sites for hydroxylation is 1. The molecule has 1 N–H and O–H groups in total. The van der Waals surface area contributed by atoms with Crippen LogP contribution in [-0.2, 0) is 13.0 Å². The molecule has 0 aliphatic rings. The number of nitrogens with one attached hydrogen (secondary N) is 1. The van der Waals surface area contributed by atoms with Crippen LogP contribution >= 0.6 is 11.6 Å². The summed E-state index contributed by atoms with van der Waals surface area (Å²) in [6.45, 7) is 0.757. The molecule has 3 aromatic carbocycles. The Labute approximate surface area is 202 Å². The number of amides is 1. The van der Waals surface area contributed by atoms with Crippen molar-refractivity contribution in [2.24, 2.45) is 0 Å². The molecule has 4 aromatic rings. The number of Topliss-reactive ketones (excluding diaryl/α,β-unsaturated/α-hetero) is 1. The van der Waals surface area contributed by atoms with Crippen LogP contribution in [0.4, 0.5) is 4.39 Å². The van der Waals surface area contributed by atoms with Gasteiger partial charge in [0.1, 0.15) is 11.6 Å². The third-order valence-corrected chi connectivity index (χ3v) is 5.92. The van der Waals surface area contributed by atoms with Crippen LogP contribution in [0.3, 0.4) is 0 Å². The molecule has 0 spiro atoms. The molecule has 34 heavy (non-hydrogen) atoms. The van der Waals surface area contributed by atoms with Crippen molar-refractivity contribution in [3.05, 3.63) is 101 Å². The highest BCUT2D eigenvalue weighted by Gasteiger charge is 2.15. The molecule has 0 aliphatic carbocycles. The largest absolute Gasteiger partial charge is 0.352 e. The van der Waals surface area contributed by atoms with Gasteiger partial charge in [0.05, 0.1) is 17.6 Å². The second-order valence-corrected chi connectivity index (χ2v) is 8.54. The summed E-state index contributed by atoms with van der Waals surface area (Å²) in [5.74, 6) is 0.309. The molecule has 7 heteroatoms. The molecule has 1 amide bonds. The molecule has 1 heterocycles. The zero-order valence-electron chi connectivity index (χ0n) is 18.6. The van der Waals surface area contributed by atoms with Crippen molar-refractivity contribution in [2.75, 3.05) is 6.54 Å². The predicted octanol–water partition coefficient (Wildman–Crippen LogP) is 5.85. The number of benzene rings is 3. The summed E-state index contributed by atoms with van der Waals surface area (Å²) in [6.07, 6.45) is 3.33. The highest BCUT2D eigenvalue weighted by Crippen LogP contribution is 2.19. The summed E-state index contributed by atoms with van der Waals surface area (Å²) in [5.41, 5.74) is 2.87. The van der Waals surface area contributed by atoms with Gasteiger partial charge in [-0.25, -0.2) is 9.37 Å². The molecule has 0 fully saturated rings. The van der Waals surface area contributed by atoms with Gasteiger partial charge in [-0.05, 0) is 73.5 Å². The second kappa shape index (κ2) is 11.1. The van der Waals surface area contributed by atoms with Crippen LogP contribution < -0.4 is 5.32 Å². The Morgan fingerprint density at radius 2 is 1.59 bits per heavy atom. The zero-order valence-corrected chi connectivity index (χ0v) is 19.4. The van der Waals surface area contributed by atoms with Crippen molar-refractivity contribution in [2.45, 2.75) is 32.2 Å². The lowest BCUT2D eigenvalue weighted by Crippen LogP contribution is -2.24. The van der Waals surface area contributed by atoms with Crippen LogP contribution in [-0.4, -0.2) is 27.8 Å². The smallest absolute Gasteiger partial charge is 0.251 e. The number of para-hydroxylation sites is 2. The van der Waals surface area contributed by atoms with Gasteiger partial charge in [-0.2, -0.15) is 0 Å². The van der Waals surface area contributed by atoms with E-state index in [4.69, 9.17) is 16.6 Å². The predicted molar refractivity (Wildman–Crippen MR) is 132 cm³/mol. The van der Waals surface area contributed by atoms with E-state index >= 15 is 0 Å². The van der Waals surface area contributed by atoms with Crippen molar-refractivity contribution < 1.29 is 14.0 Å². The summed E-state index contributed by atoms with van der Waals surface area (Å²) in [5, 5.41) is 3.46. The lowest BCUT2D eigenvalue weighted by Gasteiger charge is -2.09. The number of carbonyl (C=O) groups excluding carboxylic acids is 2. The van der Waals surface area contributed by atoms with Crippen molar-refractivity contribution in [1.82, 2.24) is 14.9 Å². The number of aromatic nitrogens is 2. The van der Waals surface area contributed by atoms with Gasteiger partial charge in [-0.3, -0.25) is 9.59 Å². The molecule has 4 rings (SSSR count). The molecule has 0 radical (unpaired) electrons. The summed E-state index contributed by atoms with van der Waals surface area (Å²) >= 11 is 5.95. The fraction of sp³-hybridized carbons (Fsp3) is 0.222. The molecule has 0 unspecified atom stereocenters. The Morgan fingerprint density at radius 3 is 2.35 bits per heavy atom. The van der Waals surface area contributed by atoms with Crippen LogP contribution in [0.1, 0.15) is 45.8 Å². The molecule has 0 atom stereocenters. The first-order valence-electron chi connectivity index (χ1n) is 11.3. The topological polar surface area (TPSA) is 64.0 Å². The maximum Gasteiger partial charge on any atom is 0.251 e. The first-order chi connectivity index (χ1) is 16.5. The minimum Gasteiger partial charge on any atom is -0.352 e. The van der Waals surface area contributed by atoms with E-state index in [1.807, 2.05) is 28.8 Å². The standard InChI is InChI=1S/C27H25ClFN3O2/c28-21-13-9-19(10-14-21)25(33)18-32-24-7-4-3-6-23(24)31-26(32)8-2-1-5-17-30-27(34)20-11-15-22(29)16-12-20/h3-4,6-7,9-16H,1-2,5,8,17-18H2,(H,30,34). The van der Waals surface area contributed by atoms with Crippen LogP contribution in [0.25, 0.3) is 11.0 Å². The normalized spacial score (nSPS) is 11.0. The maximum absolute atomic E-state index is 13.0. The fourth-order valence-corrected chi connectivity index (χ4v) is 3.98. The summed E-state index contributed by atoms with van der Waals surface area (Å²) in [7, 11) is 0. The van der Waals surface area contributed by atoms with E-state index in [0.29, 0.717) is 22.7 Å². The molecule has 0 bridgehead atoms. The molecule has 0 saturated heterocycles. The van der Waals surface area contributed by atoms with Crippen LogP contribution in [0.2, 0.25) is 5.02 Å². The van der Waals surface area contributed by atoms with Crippen LogP contribution in [0, 0.1) is 5.82 Å². The van der Waals surface area contributed by atoms with Crippen LogP contribution in [0.5, 0.6) is 0 Å². The van der Waals surface area contributed by atoms with Gasteiger partial charge in [0.2, 0.25) is 0 Å². The maximum atomic E-state index is 13.0. The molecular formula is C27H25ClFN3O2. The number of imidazole rings is 1. The first-order valence-corrected chi connectivity index (χ1v) is 11.7. The zero-order chi connectivity index (χ0) is 23.9. The van der Waals surface area contributed by atoms with Crippen molar-refractivity contribution >= 4 is 34.3 Å². The summed E-state index contributed by atoms with van der Waals surface area (Å²) < 4.78 is 15.0. The number of carbonyl (C=O) groups is 2. The molecule has 1 aromatic heterocycles. The van der Waals surface area contributed by atoms with Gasteiger partial charge in [0, 0.05) is 29.1 Å². The molecular weight excluding hydrogens is 453 g/mol. The SMILES string of the molecule is O=C(Cn1c(CCCCCNC(=O)c2ccc(F)cc2)nc2ccccc21)c1ccc(Cl)cc1. The summed E-state index contributed by atoms with van der Waals surface area (Å²) in [4.78, 5) is 29.7. The Morgan fingerprint density at radius 1 is 0.882 bits per heavy atom. The quantitative estimate of drug-likeness (QED) is 0.230. The highest BCUT2D eigenvalue weighted by molar-refractivity contribution is 6.30. The highest BCUT2D eigenvalue weighted by atomic mass is 35.5. The van der Waals surface area contributed by atoms with E-state index in [2.05, 4.69) is 5.32 Å². The van der Waals surface area contributed by atoms with E-state index in [-0.39, 0.29) is 24.1 Å². The van der Waals surface area contributed by atoms with E-state index in [9.17, 15) is 14.0 Å². The summed E-state index contributed by atoms with van der Waals surface area (Å²) in [6, 6.07) is 20.2. The van der Waals surface area contributed by atoms with Gasteiger partial charge in [0.15, 0.2) is 5.78 Å². The van der Waals surface area contributed by atoms with Crippen molar-refractivity contribution in [1.29, 1.82) is 0 Å². The van der Waals surface area contributed by atoms with Gasteiger partial charge in [-0.15, -0.1) is 0 Å². The fourth-order valence-electron chi connectivity index (χ4n) is 3.85. The van der Waals surface area contributed by atoms with Gasteiger partial charge >= 0.3 is 0 Å². The lowest BCUT2D eigenvalue weighted by atomic mass is 10.1. The number of unbranched alkanes of at least 4 members (excludes halogenated alkanes) is 2. The van der Waals surface area contributed by atoms with E-state index in [0.717, 1.165) is 42.5 Å². The van der Waals surface area contributed by atoms with Crippen molar-refractivity contribution in [3.63, 3.8) is 0 Å². The van der Waals surface area contributed by atoms with Gasteiger partial charge < -0.3 is 9.88 Å². The number of rotatable bonds is 10. The van der Waals surface area contributed by atoms with Gasteiger partial charge in [0.25, 0.3) is 5.91 Å². The Hall–Kier alpha value is -3.51. The average molecular weight is 478 g/mol. The average Bonchev–Trinajstić information content (AvgIpc) is 3.19. The number of hydrogen-bond donors (Lipinski definition) is 1. The number of hydrogen-bond acceptors (Lipinski definition) is 3. The minimum atomic E-state index is -0.363. The number of nitrogens with zero attached hydrogens (tertiary/aromatic N) is 2. The first kappa shape index (κ1) is 23.6. The third-order valence-electron chi connectivity index (χ3n) is 5.67. The van der Waals surface area contributed by atoms with E-state index < -0.39 is 0 Å². The molecule has 0 aliphatic heterocycles. The minimum absolute atomic E-state index is 0.00424. The third kappa shape index (κ3) is 5.88. The molecule has 5 nitrogen and oxygen atoms in total. The second-order valence-electron chi connectivity index (χ2n) is 8.11. The number of fused-ring (bicyclic) bond motifs is 1. The lowest BCUT2D eigenvalue weighted by molar-refractivity contribution is 0.0950. The van der Waals surface area contributed by atoms with Crippen molar-refractivity contribution in [3.8, 4) is 0 Å².